The van der Waals surface area contributed by atoms with Crippen molar-refractivity contribution in [1.29, 1.82) is 0 Å². The number of carbonyl (C=O) groups is 1. The molecular weight excluding hydrogens is 236 g/mol. The van der Waals surface area contributed by atoms with Crippen LogP contribution < -0.4 is 0 Å². The van der Waals surface area contributed by atoms with E-state index in [0.29, 0.717) is 5.25 Å². The molecule has 1 aliphatic heterocycles. The summed E-state index contributed by atoms with van der Waals surface area (Å²) in [4.78, 5) is 10.8. The van der Waals surface area contributed by atoms with E-state index in [2.05, 4.69) is 0 Å². The molecule has 3 nitrogen and oxygen atoms in total. The second-order valence-electron chi connectivity index (χ2n) is 4.27. The molecule has 1 aromatic carbocycles. The Hall–Kier alpha value is -1.00. The van der Waals surface area contributed by atoms with Crippen molar-refractivity contribution in [2.45, 2.75) is 23.8 Å². The first-order chi connectivity index (χ1) is 8.16. The van der Waals surface area contributed by atoms with Gasteiger partial charge in [0.05, 0.1) is 24.4 Å². The first-order valence-corrected chi connectivity index (χ1v) is 6.72. The zero-order chi connectivity index (χ0) is 12.3. The molecule has 1 N–H and O–H groups in total. The van der Waals surface area contributed by atoms with Crippen molar-refractivity contribution in [2.75, 3.05) is 13.2 Å². The van der Waals surface area contributed by atoms with Gasteiger partial charge in [0.25, 0.3) is 0 Å². The van der Waals surface area contributed by atoms with Crippen LogP contribution in [-0.4, -0.2) is 29.5 Å². The van der Waals surface area contributed by atoms with E-state index < -0.39 is 11.9 Å². The Balaban J connectivity index is 1.90. The van der Waals surface area contributed by atoms with Crippen molar-refractivity contribution in [3.8, 4) is 0 Å². The molecule has 2 rings (SSSR count). The predicted molar refractivity (Wildman–Crippen MR) is 68.4 cm³/mol. The standard InChI is InChI=1S/C13H16O3S/c1-9(13(14)15)11-4-2-10(3-5-11)8-17-12-6-16-7-12/h2-5,9,12H,6-8H2,1H3,(H,14,15). The minimum absolute atomic E-state index is 0.434. The summed E-state index contributed by atoms with van der Waals surface area (Å²) < 4.78 is 5.11. The fourth-order valence-corrected chi connectivity index (χ4v) is 2.57. The highest BCUT2D eigenvalue weighted by Gasteiger charge is 2.18. The van der Waals surface area contributed by atoms with Gasteiger partial charge in [-0.05, 0) is 18.1 Å². The highest BCUT2D eigenvalue weighted by atomic mass is 32.2. The predicted octanol–water partition coefficient (Wildman–Crippen LogP) is 2.51. The van der Waals surface area contributed by atoms with Gasteiger partial charge in [0, 0.05) is 5.75 Å². The van der Waals surface area contributed by atoms with Gasteiger partial charge in [-0.25, -0.2) is 0 Å². The first kappa shape index (κ1) is 12.5. The Morgan fingerprint density at radius 1 is 1.47 bits per heavy atom. The van der Waals surface area contributed by atoms with Gasteiger partial charge in [0.15, 0.2) is 0 Å². The molecule has 1 heterocycles. The van der Waals surface area contributed by atoms with Gasteiger partial charge in [-0.3, -0.25) is 4.79 Å². The van der Waals surface area contributed by atoms with E-state index in [9.17, 15) is 4.79 Å². The SMILES string of the molecule is CC(C(=O)O)c1ccc(CSC2COC2)cc1. The molecule has 0 bridgehead atoms. The molecule has 0 aromatic heterocycles. The van der Waals surface area contributed by atoms with Gasteiger partial charge >= 0.3 is 5.97 Å². The van der Waals surface area contributed by atoms with Crippen molar-refractivity contribution < 1.29 is 14.6 Å². The zero-order valence-electron chi connectivity index (χ0n) is 9.76. The summed E-state index contributed by atoms with van der Waals surface area (Å²) in [5.41, 5.74) is 2.10. The fourth-order valence-electron chi connectivity index (χ4n) is 1.57. The lowest BCUT2D eigenvalue weighted by Gasteiger charge is -2.25. The van der Waals surface area contributed by atoms with E-state index in [1.165, 1.54) is 5.56 Å². The summed E-state index contributed by atoms with van der Waals surface area (Å²) in [6.07, 6.45) is 0. The van der Waals surface area contributed by atoms with Crippen LogP contribution in [0.1, 0.15) is 24.0 Å². The van der Waals surface area contributed by atoms with E-state index in [0.717, 1.165) is 24.5 Å². The number of rotatable bonds is 5. The number of benzene rings is 1. The van der Waals surface area contributed by atoms with E-state index in [1.54, 1.807) is 6.92 Å². The molecule has 1 aliphatic rings. The molecule has 0 amide bonds. The Kier molecular flexibility index (Phi) is 4.07. The van der Waals surface area contributed by atoms with Crippen LogP contribution >= 0.6 is 11.8 Å². The van der Waals surface area contributed by atoms with Crippen LogP contribution in [0.5, 0.6) is 0 Å². The minimum atomic E-state index is -0.779. The lowest BCUT2D eigenvalue weighted by molar-refractivity contribution is -0.138. The fraction of sp³-hybridized carbons (Fsp3) is 0.462. The second kappa shape index (κ2) is 5.56. The summed E-state index contributed by atoms with van der Waals surface area (Å²) in [5.74, 6) is -0.245. The lowest BCUT2D eigenvalue weighted by Crippen LogP contribution is -2.30. The Bertz CT molecular complexity index is 384. The minimum Gasteiger partial charge on any atom is -0.481 e. The van der Waals surface area contributed by atoms with Gasteiger partial charge in [-0.15, -0.1) is 11.8 Å². The molecule has 0 spiro atoms. The number of carboxylic acid groups (broad SMARTS) is 1. The van der Waals surface area contributed by atoms with Crippen LogP contribution in [0.2, 0.25) is 0 Å². The van der Waals surface area contributed by atoms with Crippen LogP contribution in [0, 0.1) is 0 Å². The lowest BCUT2D eigenvalue weighted by atomic mass is 10.0. The molecule has 4 heteroatoms. The zero-order valence-corrected chi connectivity index (χ0v) is 10.6. The maximum Gasteiger partial charge on any atom is 0.310 e. The second-order valence-corrected chi connectivity index (χ2v) is 5.56. The molecule has 0 radical (unpaired) electrons. The average Bonchev–Trinajstić information content (AvgIpc) is 2.27. The first-order valence-electron chi connectivity index (χ1n) is 5.68. The van der Waals surface area contributed by atoms with Crippen molar-refractivity contribution in [1.82, 2.24) is 0 Å². The largest absolute Gasteiger partial charge is 0.481 e. The van der Waals surface area contributed by atoms with Crippen LogP contribution in [0.3, 0.4) is 0 Å². The van der Waals surface area contributed by atoms with Crippen LogP contribution in [-0.2, 0) is 15.3 Å². The Morgan fingerprint density at radius 3 is 2.59 bits per heavy atom. The molecule has 1 saturated heterocycles. The number of hydrogen-bond donors (Lipinski definition) is 1. The highest BCUT2D eigenvalue weighted by molar-refractivity contribution is 7.99. The van der Waals surface area contributed by atoms with Gasteiger partial charge < -0.3 is 9.84 Å². The summed E-state index contributed by atoms with van der Waals surface area (Å²) >= 11 is 1.90. The summed E-state index contributed by atoms with van der Waals surface area (Å²) in [5, 5.41) is 9.53. The van der Waals surface area contributed by atoms with Crippen molar-refractivity contribution in [3.63, 3.8) is 0 Å². The molecule has 1 unspecified atom stereocenters. The molecule has 1 aromatic rings. The average molecular weight is 252 g/mol. The van der Waals surface area contributed by atoms with Gasteiger partial charge in [0.2, 0.25) is 0 Å². The van der Waals surface area contributed by atoms with E-state index in [1.807, 2.05) is 36.0 Å². The normalized spacial score (nSPS) is 17.5. The number of aliphatic carboxylic acids is 1. The summed E-state index contributed by atoms with van der Waals surface area (Å²) in [6, 6.07) is 7.85. The van der Waals surface area contributed by atoms with Gasteiger partial charge in [0.1, 0.15) is 0 Å². The van der Waals surface area contributed by atoms with Crippen LogP contribution in [0.15, 0.2) is 24.3 Å². The molecule has 1 atom stereocenters. The smallest absolute Gasteiger partial charge is 0.310 e. The van der Waals surface area contributed by atoms with Crippen molar-refractivity contribution >= 4 is 17.7 Å². The third-order valence-corrected chi connectivity index (χ3v) is 4.19. The highest BCUT2D eigenvalue weighted by Crippen LogP contribution is 2.24. The number of thioether (sulfide) groups is 1. The molecule has 92 valence electrons. The van der Waals surface area contributed by atoms with E-state index >= 15 is 0 Å². The molecule has 1 fully saturated rings. The topological polar surface area (TPSA) is 46.5 Å². The summed E-state index contributed by atoms with van der Waals surface area (Å²) in [7, 11) is 0. The monoisotopic (exact) mass is 252 g/mol. The van der Waals surface area contributed by atoms with Crippen molar-refractivity contribution in [3.05, 3.63) is 35.4 Å². The van der Waals surface area contributed by atoms with E-state index in [4.69, 9.17) is 9.84 Å². The van der Waals surface area contributed by atoms with E-state index in [-0.39, 0.29) is 0 Å². The van der Waals surface area contributed by atoms with Crippen molar-refractivity contribution in [2.24, 2.45) is 0 Å². The van der Waals surface area contributed by atoms with Gasteiger partial charge in [-0.2, -0.15) is 0 Å². The molecular formula is C13H16O3S. The number of carboxylic acids is 1. The number of ether oxygens (including phenoxy) is 1. The number of hydrogen-bond acceptors (Lipinski definition) is 3. The summed E-state index contributed by atoms with van der Waals surface area (Å²) in [6.45, 7) is 3.43. The Labute approximate surface area is 105 Å². The quantitative estimate of drug-likeness (QED) is 0.874. The molecule has 0 aliphatic carbocycles. The Morgan fingerprint density at radius 2 is 2.12 bits per heavy atom. The van der Waals surface area contributed by atoms with Gasteiger partial charge in [-0.1, -0.05) is 24.3 Å². The van der Waals surface area contributed by atoms with Crippen LogP contribution in [0.4, 0.5) is 0 Å². The van der Waals surface area contributed by atoms with Crippen LogP contribution in [0.25, 0.3) is 0 Å². The maximum absolute atomic E-state index is 10.8. The molecule has 0 saturated carbocycles. The third kappa shape index (κ3) is 3.23. The third-order valence-electron chi connectivity index (χ3n) is 2.94. The molecule has 17 heavy (non-hydrogen) atoms. The maximum atomic E-state index is 10.8.